The lowest BCUT2D eigenvalue weighted by atomic mass is 9.79. The molecule has 0 amide bonds. The zero-order valence-corrected chi connectivity index (χ0v) is 14.2. The summed E-state index contributed by atoms with van der Waals surface area (Å²) in [5.41, 5.74) is 1.23. The van der Waals surface area contributed by atoms with Gasteiger partial charge in [0, 0.05) is 0 Å². The number of ether oxygens (including phenoxy) is 1. The van der Waals surface area contributed by atoms with Crippen molar-refractivity contribution in [3.05, 3.63) is 35.9 Å². The predicted octanol–water partition coefficient (Wildman–Crippen LogP) is 4.35. The van der Waals surface area contributed by atoms with E-state index in [4.69, 9.17) is 4.74 Å². The topological polar surface area (TPSA) is 12.5 Å². The molecule has 0 spiro atoms. The highest BCUT2D eigenvalue weighted by Gasteiger charge is 2.34. The monoisotopic (exact) mass is 311 g/mol. The summed E-state index contributed by atoms with van der Waals surface area (Å²) < 4.78 is 6.35. The number of benzene rings is 1. The van der Waals surface area contributed by atoms with Crippen LogP contribution in [0.25, 0.3) is 0 Å². The first-order chi connectivity index (χ1) is 11.4. The van der Waals surface area contributed by atoms with Gasteiger partial charge in [0.25, 0.3) is 0 Å². The lowest BCUT2D eigenvalue weighted by molar-refractivity contribution is -0.0609. The van der Waals surface area contributed by atoms with E-state index >= 15 is 0 Å². The van der Waals surface area contributed by atoms with Gasteiger partial charge in [0.1, 0.15) is 6.61 Å². The van der Waals surface area contributed by atoms with Crippen LogP contribution in [0.1, 0.15) is 56.9 Å². The standard InChI is InChI=1S/C21H29NO/c1-4-12-20(13-5-1)21(14-6-2-7-15-21)23-19-11-10-18-22-16-8-3-9-17-22/h1,4-5,12-13H,2-3,6-9,14-19H2. The minimum atomic E-state index is -0.0979. The highest BCUT2D eigenvalue weighted by atomic mass is 16.5. The maximum Gasteiger partial charge on any atom is 0.108 e. The summed E-state index contributed by atoms with van der Waals surface area (Å²) >= 11 is 0. The van der Waals surface area contributed by atoms with Crippen LogP contribution in [0.5, 0.6) is 0 Å². The van der Waals surface area contributed by atoms with E-state index in [0.717, 1.165) is 19.4 Å². The molecule has 2 heteroatoms. The van der Waals surface area contributed by atoms with Gasteiger partial charge in [0.15, 0.2) is 0 Å². The van der Waals surface area contributed by atoms with Crippen molar-refractivity contribution in [1.29, 1.82) is 0 Å². The Morgan fingerprint density at radius 3 is 2.30 bits per heavy atom. The largest absolute Gasteiger partial charge is 0.358 e. The Kier molecular flexibility index (Phi) is 6.13. The van der Waals surface area contributed by atoms with Crippen molar-refractivity contribution >= 4 is 0 Å². The third-order valence-corrected chi connectivity index (χ3v) is 5.26. The molecule has 0 atom stereocenters. The summed E-state index contributed by atoms with van der Waals surface area (Å²) in [4.78, 5) is 2.46. The second-order valence-electron chi connectivity index (χ2n) is 6.90. The molecule has 1 aliphatic carbocycles. The van der Waals surface area contributed by atoms with Crippen molar-refractivity contribution in [2.75, 3.05) is 26.2 Å². The molecule has 1 heterocycles. The van der Waals surface area contributed by atoms with Crippen LogP contribution in [0.3, 0.4) is 0 Å². The van der Waals surface area contributed by atoms with Crippen molar-refractivity contribution < 1.29 is 4.74 Å². The summed E-state index contributed by atoms with van der Waals surface area (Å²) in [6, 6.07) is 10.8. The van der Waals surface area contributed by atoms with Crippen molar-refractivity contribution in [2.24, 2.45) is 0 Å². The van der Waals surface area contributed by atoms with E-state index in [1.807, 2.05) is 0 Å². The van der Waals surface area contributed by atoms with Crippen LogP contribution >= 0.6 is 0 Å². The van der Waals surface area contributed by atoms with Gasteiger partial charge in [0.05, 0.1) is 12.1 Å². The Bertz CT molecular complexity index is 516. The fourth-order valence-corrected chi connectivity index (χ4v) is 3.89. The smallest absolute Gasteiger partial charge is 0.108 e. The van der Waals surface area contributed by atoms with Crippen molar-refractivity contribution in [3.63, 3.8) is 0 Å². The van der Waals surface area contributed by atoms with Gasteiger partial charge in [-0.05, 0) is 44.3 Å². The van der Waals surface area contributed by atoms with Crippen LogP contribution in [-0.2, 0) is 10.3 Å². The number of likely N-dealkylation sites (tertiary alicyclic amines) is 1. The molecule has 0 aromatic heterocycles. The van der Waals surface area contributed by atoms with Crippen LogP contribution in [0.2, 0.25) is 0 Å². The Morgan fingerprint density at radius 2 is 1.57 bits per heavy atom. The fraction of sp³-hybridized carbons (Fsp3) is 0.619. The van der Waals surface area contributed by atoms with Crippen molar-refractivity contribution in [1.82, 2.24) is 4.90 Å². The van der Waals surface area contributed by atoms with Crippen LogP contribution < -0.4 is 0 Å². The first kappa shape index (κ1) is 16.6. The van der Waals surface area contributed by atoms with E-state index in [9.17, 15) is 0 Å². The highest BCUT2D eigenvalue weighted by molar-refractivity contribution is 5.23. The Hall–Kier alpha value is -1.30. The van der Waals surface area contributed by atoms with Gasteiger partial charge >= 0.3 is 0 Å². The molecule has 1 aromatic rings. The van der Waals surface area contributed by atoms with Gasteiger partial charge in [-0.1, -0.05) is 67.9 Å². The number of rotatable bonds is 4. The van der Waals surface area contributed by atoms with Gasteiger partial charge in [-0.2, -0.15) is 0 Å². The average molecular weight is 311 g/mol. The van der Waals surface area contributed by atoms with Crippen LogP contribution in [0.15, 0.2) is 30.3 Å². The Balaban J connectivity index is 1.55. The maximum absolute atomic E-state index is 6.35. The molecule has 2 nitrogen and oxygen atoms in total. The second-order valence-corrected chi connectivity index (χ2v) is 6.90. The molecule has 1 saturated heterocycles. The normalized spacial score (nSPS) is 21.4. The van der Waals surface area contributed by atoms with Gasteiger partial charge in [0.2, 0.25) is 0 Å². The van der Waals surface area contributed by atoms with E-state index in [0.29, 0.717) is 6.61 Å². The quantitative estimate of drug-likeness (QED) is 0.766. The SMILES string of the molecule is C(#CCN1CCCCC1)COC1(c2ccccc2)CCCCC1. The van der Waals surface area contributed by atoms with Gasteiger partial charge in [-0.3, -0.25) is 4.90 Å². The second kappa shape index (κ2) is 8.52. The first-order valence-electron chi connectivity index (χ1n) is 9.27. The average Bonchev–Trinajstić information content (AvgIpc) is 2.64. The van der Waals surface area contributed by atoms with E-state index in [1.54, 1.807) is 0 Å². The minimum absolute atomic E-state index is 0.0979. The Morgan fingerprint density at radius 1 is 0.870 bits per heavy atom. The number of hydrogen-bond acceptors (Lipinski definition) is 2. The minimum Gasteiger partial charge on any atom is -0.358 e. The van der Waals surface area contributed by atoms with Crippen LogP contribution in [0.4, 0.5) is 0 Å². The fourth-order valence-electron chi connectivity index (χ4n) is 3.89. The molecule has 1 aliphatic heterocycles. The molecule has 2 fully saturated rings. The molecule has 23 heavy (non-hydrogen) atoms. The lowest BCUT2D eigenvalue weighted by Crippen LogP contribution is -2.32. The van der Waals surface area contributed by atoms with Gasteiger partial charge in [-0.15, -0.1) is 0 Å². The number of piperidine rings is 1. The van der Waals surface area contributed by atoms with E-state index in [-0.39, 0.29) is 5.60 Å². The van der Waals surface area contributed by atoms with Crippen molar-refractivity contribution in [2.45, 2.75) is 57.0 Å². The Labute approximate surface area is 141 Å². The summed E-state index contributed by atoms with van der Waals surface area (Å²) in [7, 11) is 0. The summed E-state index contributed by atoms with van der Waals surface area (Å²) in [5, 5.41) is 0. The maximum atomic E-state index is 6.35. The summed E-state index contributed by atoms with van der Waals surface area (Å²) in [5.74, 6) is 6.57. The van der Waals surface area contributed by atoms with E-state index in [2.05, 4.69) is 47.1 Å². The van der Waals surface area contributed by atoms with Crippen molar-refractivity contribution in [3.8, 4) is 11.8 Å². The molecule has 1 saturated carbocycles. The third kappa shape index (κ3) is 4.59. The zero-order chi connectivity index (χ0) is 15.8. The first-order valence-corrected chi connectivity index (χ1v) is 9.27. The molecule has 0 bridgehead atoms. The highest BCUT2D eigenvalue weighted by Crippen LogP contribution is 2.40. The molecule has 124 valence electrons. The van der Waals surface area contributed by atoms with Crippen LogP contribution in [0, 0.1) is 11.8 Å². The molecule has 0 radical (unpaired) electrons. The third-order valence-electron chi connectivity index (χ3n) is 5.26. The molecule has 0 N–H and O–H groups in total. The molecular formula is C21H29NO. The van der Waals surface area contributed by atoms with E-state index < -0.39 is 0 Å². The molecule has 1 aromatic carbocycles. The lowest BCUT2D eigenvalue weighted by Gasteiger charge is -2.37. The molecule has 2 aliphatic rings. The molecule has 0 unspecified atom stereocenters. The predicted molar refractivity (Wildman–Crippen MR) is 95.2 cm³/mol. The zero-order valence-electron chi connectivity index (χ0n) is 14.2. The van der Waals surface area contributed by atoms with E-state index in [1.165, 1.54) is 57.2 Å². The number of hydrogen-bond donors (Lipinski definition) is 0. The summed E-state index contributed by atoms with van der Waals surface area (Å²) in [6.07, 6.45) is 10.2. The van der Waals surface area contributed by atoms with Crippen LogP contribution in [-0.4, -0.2) is 31.1 Å². The summed E-state index contributed by atoms with van der Waals surface area (Å²) in [6.45, 7) is 3.89. The molecular weight excluding hydrogens is 282 g/mol. The van der Waals surface area contributed by atoms with Gasteiger partial charge in [-0.25, -0.2) is 0 Å². The molecule has 3 rings (SSSR count). The number of nitrogens with zero attached hydrogens (tertiary/aromatic N) is 1. The van der Waals surface area contributed by atoms with Gasteiger partial charge < -0.3 is 4.74 Å².